The van der Waals surface area contributed by atoms with E-state index >= 15 is 0 Å². The smallest absolute Gasteiger partial charge is 0.267 e. The number of amides is 1. The van der Waals surface area contributed by atoms with Gasteiger partial charge in [0.05, 0.1) is 6.21 Å². The van der Waals surface area contributed by atoms with Gasteiger partial charge in [-0.25, -0.2) is 9.82 Å². The molecule has 0 aliphatic heterocycles. The first-order valence-corrected chi connectivity index (χ1v) is 6.81. The zero-order valence-electron chi connectivity index (χ0n) is 11.7. The molecule has 3 aromatic carbocycles. The number of nitrogens with one attached hydrogen (secondary N) is 1. The largest absolute Gasteiger partial charge is 0.271 e. The van der Waals surface area contributed by atoms with E-state index in [0.29, 0.717) is 11.1 Å². The lowest BCUT2D eigenvalue weighted by atomic mass is 10.0. The number of benzene rings is 3. The first kappa shape index (κ1) is 13.9. The molecule has 0 aliphatic rings. The topological polar surface area (TPSA) is 41.5 Å². The van der Waals surface area contributed by atoms with Gasteiger partial charge in [-0.05, 0) is 34.5 Å². The summed E-state index contributed by atoms with van der Waals surface area (Å²) in [7, 11) is 0. The van der Waals surface area contributed by atoms with E-state index in [2.05, 4.69) is 10.5 Å². The number of hydrogen-bond acceptors (Lipinski definition) is 2. The molecule has 3 nitrogen and oxygen atoms in total. The zero-order valence-corrected chi connectivity index (χ0v) is 11.7. The van der Waals surface area contributed by atoms with Crippen molar-refractivity contribution in [1.29, 1.82) is 0 Å². The van der Waals surface area contributed by atoms with Crippen molar-refractivity contribution in [2.24, 2.45) is 5.10 Å². The van der Waals surface area contributed by atoms with Crippen LogP contribution >= 0.6 is 0 Å². The maximum Gasteiger partial charge on any atom is 0.271 e. The van der Waals surface area contributed by atoms with Crippen molar-refractivity contribution in [2.75, 3.05) is 0 Å². The molecule has 1 N–H and O–H groups in total. The maximum absolute atomic E-state index is 12.8. The van der Waals surface area contributed by atoms with E-state index in [1.807, 2.05) is 36.4 Å². The van der Waals surface area contributed by atoms with Crippen LogP contribution in [0.15, 0.2) is 71.8 Å². The van der Waals surface area contributed by atoms with E-state index in [-0.39, 0.29) is 11.7 Å². The summed E-state index contributed by atoms with van der Waals surface area (Å²) >= 11 is 0. The standard InChI is InChI=1S/C18H13FN2O/c19-15-10-8-13(9-11-15)12-20-21-18(22)17-7-3-5-14-4-1-2-6-16(14)17/h1-12H,(H,21,22)/b20-12-. The van der Waals surface area contributed by atoms with Crippen LogP contribution in [0.3, 0.4) is 0 Å². The summed E-state index contributed by atoms with van der Waals surface area (Å²) in [5.41, 5.74) is 3.76. The second kappa shape index (κ2) is 6.18. The highest BCUT2D eigenvalue weighted by molar-refractivity contribution is 6.07. The summed E-state index contributed by atoms with van der Waals surface area (Å²) in [5, 5.41) is 5.78. The molecule has 108 valence electrons. The van der Waals surface area contributed by atoms with E-state index in [1.54, 1.807) is 18.2 Å². The summed E-state index contributed by atoms with van der Waals surface area (Å²) in [6.07, 6.45) is 1.47. The summed E-state index contributed by atoms with van der Waals surface area (Å²) in [4.78, 5) is 12.2. The van der Waals surface area contributed by atoms with Gasteiger partial charge >= 0.3 is 0 Å². The Labute approximate surface area is 127 Å². The number of hydrogen-bond donors (Lipinski definition) is 1. The Morgan fingerprint density at radius 2 is 1.68 bits per heavy atom. The van der Waals surface area contributed by atoms with Crippen molar-refractivity contribution in [1.82, 2.24) is 5.43 Å². The van der Waals surface area contributed by atoms with Gasteiger partial charge in [-0.1, -0.05) is 48.5 Å². The summed E-state index contributed by atoms with van der Waals surface area (Å²) < 4.78 is 12.8. The van der Waals surface area contributed by atoms with Crippen LogP contribution in [0.5, 0.6) is 0 Å². The zero-order chi connectivity index (χ0) is 15.4. The van der Waals surface area contributed by atoms with Crippen LogP contribution < -0.4 is 5.43 Å². The van der Waals surface area contributed by atoms with Crippen molar-refractivity contribution >= 4 is 22.9 Å². The molecule has 0 atom stereocenters. The van der Waals surface area contributed by atoms with Crippen LogP contribution in [-0.2, 0) is 0 Å². The predicted octanol–water partition coefficient (Wildman–Crippen LogP) is 3.74. The number of hydrazone groups is 1. The van der Waals surface area contributed by atoms with Gasteiger partial charge < -0.3 is 0 Å². The van der Waals surface area contributed by atoms with Gasteiger partial charge in [-0.15, -0.1) is 0 Å². The SMILES string of the molecule is O=C(N/N=C\c1ccc(F)cc1)c1cccc2ccccc12. The lowest BCUT2D eigenvalue weighted by molar-refractivity contribution is 0.0957. The minimum Gasteiger partial charge on any atom is -0.267 e. The number of carbonyl (C=O) groups is 1. The number of halogens is 1. The Hall–Kier alpha value is -3.01. The van der Waals surface area contributed by atoms with Crippen molar-refractivity contribution in [3.8, 4) is 0 Å². The lowest BCUT2D eigenvalue weighted by Crippen LogP contribution is -2.17. The fourth-order valence-corrected chi connectivity index (χ4v) is 2.20. The Kier molecular flexibility index (Phi) is 3.92. The van der Waals surface area contributed by atoms with Crippen molar-refractivity contribution in [3.05, 3.63) is 83.7 Å². The molecule has 4 heteroatoms. The van der Waals surface area contributed by atoms with Crippen molar-refractivity contribution < 1.29 is 9.18 Å². The maximum atomic E-state index is 12.8. The first-order chi connectivity index (χ1) is 10.7. The normalized spacial score (nSPS) is 11.0. The van der Waals surface area contributed by atoms with Crippen LogP contribution in [-0.4, -0.2) is 12.1 Å². The monoisotopic (exact) mass is 292 g/mol. The molecule has 0 aliphatic carbocycles. The highest BCUT2D eigenvalue weighted by Crippen LogP contribution is 2.18. The fourth-order valence-electron chi connectivity index (χ4n) is 2.20. The molecular weight excluding hydrogens is 279 g/mol. The highest BCUT2D eigenvalue weighted by atomic mass is 19.1. The minimum absolute atomic E-state index is 0.282. The van der Waals surface area contributed by atoms with E-state index in [0.717, 1.165) is 10.8 Å². The quantitative estimate of drug-likeness (QED) is 0.580. The van der Waals surface area contributed by atoms with E-state index in [4.69, 9.17) is 0 Å². The number of rotatable bonds is 3. The van der Waals surface area contributed by atoms with Crippen LogP contribution in [0.2, 0.25) is 0 Å². The summed E-state index contributed by atoms with van der Waals surface area (Å²) in [6.45, 7) is 0. The van der Waals surface area contributed by atoms with E-state index in [9.17, 15) is 9.18 Å². The van der Waals surface area contributed by atoms with Crippen LogP contribution in [0, 0.1) is 5.82 Å². The third-order valence-corrected chi connectivity index (χ3v) is 3.28. The summed E-state index contributed by atoms with van der Waals surface area (Å²) in [5.74, 6) is -0.591. The molecule has 0 radical (unpaired) electrons. The van der Waals surface area contributed by atoms with Crippen LogP contribution in [0.4, 0.5) is 4.39 Å². The molecular formula is C18H13FN2O. The Morgan fingerprint density at radius 1 is 0.955 bits per heavy atom. The van der Waals surface area contributed by atoms with Crippen molar-refractivity contribution in [3.63, 3.8) is 0 Å². The van der Waals surface area contributed by atoms with Gasteiger partial charge in [-0.2, -0.15) is 5.10 Å². The second-order valence-electron chi connectivity index (χ2n) is 4.78. The fraction of sp³-hybridized carbons (Fsp3) is 0. The number of carbonyl (C=O) groups excluding carboxylic acids is 1. The second-order valence-corrected chi connectivity index (χ2v) is 4.78. The molecule has 0 aromatic heterocycles. The Balaban J connectivity index is 1.77. The first-order valence-electron chi connectivity index (χ1n) is 6.81. The van der Waals surface area contributed by atoms with Gasteiger partial charge in [0, 0.05) is 5.56 Å². The molecule has 3 aromatic rings. The van der Waals surface area contributed by atoms with Gasteiger partial charge in [0.25, 0.3) is 5.91 Å². The van der Waals surface area contributed by atoms with Gasteiger partial charge in [0.2, 0.25) is 0 Å². The molecule has 0 saturated heterocycles. The minimum atomic E-state index is -0.308. The van der Waals surface area contributed by atoms with Crippen LogP contribution in [0.25, 0.3) is 10.8 Å². The predicted molar refractivity (Wildman–Crippen MR) is 85.4 cm³/mol. The van der Waals surface area contributed by atoms with Gasteiger partial charge in [-0.3, -0.25) is 4.79 Å². The molecule has 0 saturated carbocycles. The number of nitrogens with zero attached hydrogens (tertiary/aromatic N) is 1. The van der Waals surface area contributed by atoms with E-state index in [1.165, 1.54) is 18.3 Å². The average molecular weight is 292 g/mol. The third kappa shape index (κ3) is 3.01. The molecule has 0 spiro atoms. The molecule has 0 unspecified atom stereocenters. The van der Waals surface area contributed by atoms with Crippen molar-refractivity contribution in [2.45, 2.75) is 0 Å². The molecule has 1 amide bonds. The highest BCUT2D eigenvalue weighted by Gasteiger charge is 2.08. The molecule has 3 rings (SSSR count). The Bertz CT molecular complexity index is 836. The van der Waals surface area contributed by atoms with Crippen LogP contribution in [0.1, 0.15) is 15.9 Å². The average Bonchev–Trinajstić information content (AvgIpc) is 2.56. The molecule has 22 heavy (non-hydrogen) atoms. The van der Waals surface area contributed by atoms with E-state index < -0.39 is 0 Å². The van der Waals surface area contributed by atoms with Gasteiger partial charge in [0.1, 0.15) is 5.82 Å². The molecule has 0 bridgehead atoms. The third-order valence-electron chi connectivity index (χ3n) is 3.28. The van der Waals surface area contributed by atoms with Gasteiger partial charge in [0.15, 0.2) is 0 Å². The lowest BCUT2D eigenvalue weighted by Gasteiger charge is -2.04. The molecule has 0 heterocycles. The molecule has 0 fully saturated rings. The number of fused-ring (bicyclic) bond motifs is 1. The summed E-state index contributed by atoms with van der Waals surface area (Å²) in [6, 6.07) is 19.1. The Morgan fingerprint density at radius 3 is 2.50 bits per heavy atom.